The first-order chi connectivity index (χ1) is 9.40. The van der Waals surface area contributed by atoms with Gasteiger partial charge in [0.15, 0.2) is 0 Å². The molecule has 2 heteroatoms. The summed E-state index contributed by atoms with van der Waals surface area (Å²) < 4.78 is 0. The average Bonchev–Trinajstić information content (AvgIpc) is 2.41. The van der Waals surface area contributed by atoms with Gasteiger partial charge in [-0.3, -0.25) is 0 Å². The fourth-order valence-corrected chi connectivity index (χ4v) is 3.13. The molecule has 1 aliphatic rings. The topological polar surface area (TPSA) is 32.3 Å². The zero-order valence-corrected chi connectivity index (χ0v) is 12.9. The lowest BCUT2D eigenvalue weighted by Gasteiger charge is -2.43. The molecule has 0 aliphatic heterocycles. The van der Waals surface area contributed by atoms with Gasteiger partial charge in [-0.1, -0.05) is 42.5 Å². The highest BCUT2D eigenvalue weighted by atomic mass is 16.3. The van der Waals surface area contributed by atoms with Crippen molar-refractivity contribution >= 4 is 0 Å². The second-order valence-electron chi connectivity index (χ2n) is 6.53. The molecule has 2 nitrogen and oxygen atoms in total. The first-order valence-corrected chi connectivity index (χ1v) is 7.59. The van der Waals surface area contributed by atoms with E-state index in [1.54, 1.807) is 0 Å². The highest BCUT2D eigenvalue weighted by Gasteiger charge is 2.39. The summed E-state index contributed by atoms with van der Waals surface area (Å²) in [4.78, 5) is 0. The van der Waals surface area contributed by atoms with Crippen molar-refractivity contribution < 1.29 is 5.11 Å². The Labute approximate surface area is 122 Å². The minimum atomic E-state index is -0.630. The van der Waals surface area contributed by atoms with Crippen molar-refractivity contribution in [1.29, 1.82) is 0 Å². The molecule has 1 saturated carbocycles. The first kappa shape index (κ1) is 15.3. The minimum Gasteiger partial charge on any atom is -0.389 e. The minimum absolute atomic E-state index is 0.119. The van der Waals surface area contributed by atoms with Gasteiger partial charge < -0.3 is 10.4 Å². The molecule has 0 saturated heterocycles. The standard InChI is InChI=1S/C18H27NO/c1-13(2)16-10-11-18(4,20)17(12-16)19-14(3)15-8-6-5-7-9-15/h5-9,14,16-17,19-20H,1,10-12H2,2-4H3/t14-,16-,17+,18+/m0/s1. The summed E-state index contributed by atoms with van der Waals surface area (Å²) in [5.74, 6) is 0.524. The van der Waals surface area contributed by atoms with Crippen LogP contribution in [0.3, 0.4) is 0 Å². The van der Waals surface area contributed by atoms with Crippen LogP contribution in [0.25, 0.3) is 0 Å². The molecule has 0 unspecified atom stereocenters. The Morgan fingerprint density at radius 3 is 2.65 bits per heavy atom. The highest BCUT2D eigenvalue weighted by molar-refractivity contribution is 5.19. The summed E-state index contributed by atoms with van der Waals surface area (Å²) in [5, 5.41) is 14.3. The first-order valence-electron chi connectivity index (χ1n) is 7.59. The Balaban J connectivity index is 2.07. The van der Waals surface area contributed by atoms with Gasteiger partial charge >= 0.3 is 0 Å². The largest absolute Gasteiger partial charge is 0.389 e. The van der Waals surface area contributed by atoms with Crippen LogP contribution in [-0.4, -0.2) is 16.7 Å². The normalized spacial score (nSPS) is 31.8. The number of aliphatic hydroxyl groups is 1. The highest BCUT2D eigenvalue weighted by Crippen LogP contribution is 2.36. The van der Waals surface area contributed by atoms with Crippen LogP contribution in [0.15, 0.2) is 42.5 Å². The van der Waals surface area contributed by atoms with Gasteiger partial charge in [-0.15, -0.1) is 0 Å². The van der Waals surface area contributed by atoms with E-state index in [-0.39, 0.29) is 12.1 Å². The van der Waals surface area contributed by atoms with Crippen LogP contribution in [0.1, 0.15) is 51.6 Å². The summed E-state index contributed by atoms with van der Waals surface area (Å²) in [6.07, 6.45) is 2.85. The van der Waals surface area contributed by atoms with Gasteiger partial charge in [0.1, 0.15) is 0 Å². The quantitative estimate of drug-likeness (QED) is 0.817. The summed E-state index contributed by atoms with van der Waals surface area (Å²) in [7, 11) is 0. The Morgan fingerprint density at radius 2 is 2.05 bits per heavy atom. The maximum atomic E-state index is 10.6. The van der Waals surface area contributed by atoms with Gasteiger partial charge in [0.25, 0.3) is 0 Å². The summed E-state index contributed by atoms with van der Waals surface area (Å²) >= 11 is 0. The van der Waals surface area contributed by atoms with Gasteiger partial charge in [0.2, 0.25) is 0 Å². The molecule has 1 fully saturated rings. The third kappa shape index (κ3) is 3.50. The smallest absolute Gasteiger partial charge is 0.0772 e. The maximum Gasteiger partial charge on any atom is 0.0772 e. The van der Waals surface area contributed by atoms with Gasteiger partial charge in [-0.25, -0.2) is 0 Å². The molecule has 20 heavy (non-hydrogen) atoms. The van der Waals surface area contributed by atoms with Crippen molar-refractivity contribution in [2.24, 2.45) is 5.92 Å². The summed E-state index contributed by atoms with van der Waals surface area (Å²) in [6, 6.07) is 10.8. The second kappa shape index (κ2) is 6.11. The zero-order chi connectivity index (χ0) is 14.8. The van der Waals surface area contributed by atoms with E-state index in [9.17, 15) is 5.11 Å². The summed E-state index contributed by atoms with van der Waals surface area (Å²) in [6.45, 7) is 10.3. The molecule has 1 aromatic carbocycles. The van der Waals surface area contributed by atoms with Crippen molar-refractivity contribution in [1.82, 2.24) is 5.32 Å². The number of rotatable bonds is 4. The van der Waals surface area contributed by atoms with Gasteiger partial charge in [0.05, 0.1) is 5.60 Å². The molecule has 0 radical (unpaired) electrons. The predicted octanol–water partition coefficient (Wildman–Crippen LogP) is 3.83. The Kier molecular flexibility index (Phi) is 4.66. The molecule has 2 rings (SSSR count). The molecule has 0 bridgehead atoms. The summed E-state index contributed by atoms with van der Waals surface area (Å²) in [5.41, 5.74) is 1.87. The zero-order valence-electron chi connectivity index (χ0n) is 12.9. The van der Waals surface area contributed by atoms with E-state index in [4.69, 9.17) is 0 Å². The fraction of sp³-hybridized carbons (Fsp3) is 0.556. The lowest BCUT2D eigenvalue weighted by molar-refractivity contribution is -0.0232. The van der Waals surface area contributed by atoms with E-state index in [2.05, 4.69) is 50.0 Å². The van der Waals surface area contributed by atoms with Gasteiger partial charge in [-0.05, 0) is 51.5 Å². The Morgan fingerprint density at radius 1 is 1.40 bits per heavy atom. The predicted molar refractivity (Wildman–Crippen MR) is 84.6 cm³/mol. The Hall–Kier alpha value is -1.12. The lowest BCUT2D eigenvalue weighted by atomic mass is 9.73. The van der Waals surface area contributed by atoms with Crippen LogP contribution in [0.4, 0.5) is 0 Å². The van der Waals surface area contributed by atoms with E-state index in [1.165, 1.54) is 11.1 Å². The number of benzene rings is 1. The SMILES string of the molecule is C=C(C)[C@H]1CC[C@@](C)(O)[C@H](N[C@@H](C)c2ccccc2)C1. The van der Waals surface area contributed by atoms with Crippen molar-refractivity contribution in [3.63, 3.8) is 0 Å². The van der Waals surface area contributed by atoms with Crippen molar-refractivity contribution in [2.75, 3.05) is 0 Å². The number of hydrogen-bond donors (Lipinski definition) is 2. The molecule has 0 aromatic heterocycles. The maximum absolute atomic E-state index is 10.6. The number of allylic oxidation sites excluding steroid dienone is 1. The van der Waals surface area contributed by atoms with Crippen LogP contribution in [0.2, 0.25) is 0 Å². The monoisotopic (exact) mass is 273 g/mol. The average molecular weight is 273 g/mol. The van der Waals surface area contributed by atoms with Crippen LogP contribution < -0.4 is 5.32 Å². The van der Waals surface area contributed by atoms with E-state index < -0.39 is 5.60 Å². The lowest BCUT2D eigenvalue weighted by Crippen LogP contribution is -2.53. The van der Waals surface area contributed by atoms with E-state index in [0.717, 1.165) is 19.3 Å². The molecule has 0 spiro atoms. The van der Waals surface area contributed by atoms with Crippen LogP contribution >= 0.6 is 0 Å². The van der Waals surface area contributed by atoms with Gasteiger partial charge in [0, 0.05) is 12.1 Å². The molecule has 1 aromatic rings. The van der Waals surface area contributed by atoms with Crippen molar-refractivity contribution in [2.45, 2.75) is 57.7 Å². The number of nitrogens with one attached hydrogen (secondary N) is 1. The molecule has 110 valence electrons. The van der Waals surface area contributed by atoms with Crippen LogP contribution in [0.5, 0.6) is 0 Å². The molecule has 2 N–H and O–H groups in total. The fourth-order valence-electron chi connectivity index (χ4n) is 3.13. The molecular formula is C18H27NO. The van der Waals surface area contributed by atoms with Crippen molar-refractivity contribution in [3.05, 3.63) is 48.0 Å². The molecule has 1 aliphatic carbocycles. The van der Waals surface area contributed by atoms with Crippen molar-refractivity contribution in [3.8, 4) is 0 Å². The van der Waals surface area contributed by atoms with Gasteiger partial charge in [-0.2, -0.15) is 0 Å². The van der Waals surface area contributed by atoms with Crippen LogP contribution in [0, 0.1) is 5.92 Å². The molecule has 0 amide bonds. The van der Waals surface area contributed by atoms with E-state index >= 15 is 0 Å². The number of hydrogen-bond acceptors (Lipinski definition) is 2. The molecule has 4 atom stereocenters. The van der Waals surface area contributed by atoms with Crippen LogP contribution in [-0.2, 0) is 0 Å². The Bertz CT molecular complexity index is 452. The van der Waals surface area contributed by atoms with E-state index in [0.29, 0.717) is 5.92 Å². The molecular weight excluding hydrogens is 246 g/mol. The second-order valence-corrected chi connectivity index (χ2v) is 6.53. The third-order valence-electron chi connectivity index (χ3n) is 4.72. The third-order valence-corrected chi connectivity index (χ3v) is 4.72. The molecule has 0 heterocycles. The van der Waals surface area contributed by atoms with E-state index in [1.807, 2.05) is 13.0 Å².